The van der Waals surface area contributed by atoms with E-state index in [1.807, 2.05) is 6.07 Å². The Morgan fingerprint density at radius 1 is 1.24 bits per heavy atom. The maximum Gasteiger partial charge on any atom is 0.0410 e. The van der Waals surface area contributed by atoms with Crippen molar-refractivity contribution in [3.8, 4) is 0 Å². The van der Waals surface area contributed by atoms with Crippen LogP contribution < -0.4 is 4.90 Å². The van der Waals surface area contributed by atoms with Crippen molar-refractivity contribution in [2.45, 2.75) is 12.3 Å². The van der Waals surface area contributed by atoms with Crippen LogP contribution in [0.2, 0.25) is 5.02 Å². The number of halogens is 2. The van der Waals surface area contributed by atoms with E-state index in [1.54, 1.807) is 0 Å². The summed E-state index contributed by atoms with van der Waals surface area (Å²) < 4.78 is 0. The number of nitrogens with zero attached hydrogens (tertiary/aromatic N) is 2. The van der Waals surface area contributed by atoms with Gasteiger partial charge in [-0.3, -0.25) is 0 Å². The van der Waals surface area contributed by atoms with Crippen LogP contribution in [0.15, 0.2) is 18.2 Å². The summed E-state index contributed by atoms with van der Waals surface area (Å²) >= 11 is 9.57. The topological polar surface area (TPSA) is 6.48 Å². The fourth-order valence-electron chi connectivity index (χ4n) is 2.27. The van der Waals surface area contributed by atoms with Crippen LogP contribution in [0.4, 0.5) is 5.69 Å². The van der Waals surface area contributed by atoms with Gasteiger partial charge in [0.25, 0.3) is 0 Å². The first-order chi connectivity index (χ1) is 8.24. The third-order valence-corrected chi connectivity index (χ3v) is 4.18. The molecule has 1 fully saturated rings. The van der Waals surface area contributed by atoms with E-state index < -0.39 is 0 Å². The standard InChI is InChI=1S/C13H18BrClN2/c1-2-16-5-7-17(8-6-16)13-4-3-12(15)9-11(13)10-14/h3-4,9H,2,5-8,10H2,1H3. The molecule has 1 aliphatic heterocycles. The molecular weight excluding hydrogens is 300 g/mol. The van der Waals surface area contributed by atoms with Gasteiger partial charge < -0.3 is 9.80 Å². The highest BCUT2D eigenvalue weighted by molar-refractivity contribution is 9.08. The van der Waals surface area contributed by atoms with Crippen LogP contribution in [0.25, 0.3) is 0 Å². The minimum atomic E-state index is 0.815. The van der Waals surface area contributed by atoms with Gasteiger partial charge in [0.2, 0.25) is 0 Å². The lowest BCUT2D eigenvalue weighted by atomic mass is 10.1. The zero-order valence-corrected chi connectivity index (χ0v) is 12.5. The second kappa shape index (κ2) is 6.07. The number of piperazine rings is 1. The molecule has 17 heavy (non-hydrogen) atoms. The fraction of sp³-hybridized carbons (Fsp3) is 0.538. The molecule has 0 aliphatic carbocycles. The van der Waals surface area contributed by atoms with Gasteiger partial charge in [-0.2, -0.15) is 0 Å². The summed E-state index contributed by atoms with van der Waals surface area (Å²) in [5.41, 5.74) is 2.60. The highest BCUT2D eigenvalue weighted by Gasteiger charge is 2.17. The van der Waals surface area contributed by atoms with Crippen LogP contribution in [0.5, 0.6) is 0 Å². The van der Waals surface area contributed by atoms with Gasteiger partial charge in [0.15, 0.2) is 0 Å². The van der Waals surface area contributed by atoms with Gasteiger partial charge >= 0.3 is 0 Å². The number of rotatable bonds is 3. The summed E-state index contributed by atoms with van der Waals surface area (Å²) in [6.07, 6.45) is 0. The van der Waals surface area contributed by atoms with Crippen molar-refractivity contribution in [3.63, 3.8) is 0 Å². The molecule has 0 saturated carbocycles. The second-order valence-electron chi connectivity index (χ2n) is 4.33. The van der Waals surface area contributed by atoms with E-state index in [0.29, 0.717) is 0 Å². The first-order valence-electron chi connectivity index (χ1n) is 6.06. The Morgan fingerprint density at radius 2 is 1.94 bits per heavy atom. The molecule has 0 spiro atoms. The van der Waals surface area contributed by atoms with Crippen LogP contribution in [0, 0.1) is 0 Å². The molecule has 0 bridgehead atoms. The Bertz CT molecular complexity index is 376. The Hall–Kier alpha value is -0.250. The molecular formula is C13H18BrClN2. The van der Waals surface area contributed by atoms with E-state index in [0.717, 1.165) is 43.1 Å². The van der Waals surface area contributed by atoms with Crippen LogP contribution >= 0.6 is 27.5 Å². The minimum absolute atomic E-state index is 0.815. The van der Waals surface area contributed by atoms with Crippen LogP contribution in [-0.4, -0.2) is 37.6 Å². The fourth-order valence-corrected chi connectivity index (χ4v) is 2.92. The van der Waals surface area contributed by atoms with E-state index in [-0.39, 0.29) is 0 Å². The van der Waals surface area contributed by atoms with Crippen LogP contribution in [0.3, 0.4) is 0 Å². The van der Waals surface area contributed by atoms with Crippen molar-refractivity contribution in [1.29, 1.82) is 0 Å². The van der Waals surface area contributed by atoms with Gasteiger partial charge in [0.1, 0.15) is 0 Å². The van der Waals surface area contributed by atoms with Gasteiger partial charge in [-0.25, -0.2) is 0 Å². The molecule has 1 aromatic rings. The summed E-state index contributed by atoms with van der Waals surface area (Å²) in [5, 5.41) is 1.67. The highest BCUT2D eigenvalue weighted by Crippen LogP contribution is 2.27. The van der Waals surface area contributed by atoms with Gasteiger partial charge in [0, 0.05) is 42.2 Å². The van der Waals surface area contributed by atoms with Gasteiger partial charge in [-0.05, 0) is 30.3 Å². The van der Waals surface area contributed by atoms with Gasteiger partial charge in [0.05, 0.1) is 0 Å². The smallest absolute Gasteiger partial charge is 0.0410 e. The normalized spacial score (nSPS) is 17.5. The van der Waals surface area contributed by atoms with E-state index >= 15 is 0 Å². The Balaban J connectivity index is 2.12. The molecule has 2 rings (SSSR count). The van der Waals surface area contributed by atoms with Crippen molar-refractivity contribution in [2.75, 3.05) is 37.6 Å². The van der Waals surface area contributed by atoms with Crippen LogP contribution in [0.1, 0.15) is 12.5 Å². The number of alkyl halides is 1. The lowest BCUT2D eigenvalue weighted by molar-refractivity contribution is 0.271. The number of anilines is 1. The third-order valence-electron chi connectivity index (χ3n) is 3.35. The largest absolute Gasteiger partial charge is 0.369 e. The van der Waals surface area contributed by atoms with Gasteiger partial charge in [-0.1, -0.05) is 34.5 Å². The summed E-state index contributed by atoms with van der Waals surface area (Å²) in [6, 6.07) is 6.17. The molecule has 0 N–H and O–H groups in total. The van der Waals surface area contributed by atoms with Crippen molar-refractivity contribution in [1.82, 2.24) is 4.90 Å². The number of hydrogen-bond donors (Lipinski definition) is 0. The quantitative estimate of drug-likeness (QED) is 0.789. The van der Waals surface area contributed by atoms with Crippen molar-refractivity contribution >= 4 is 33.2 Å². The van der Waals surface area contributed by atoms with Crippen molar-refractivity contribution in [2.24, 2.45) is 0 Å². The molecule has 0 unspecified atom stereocenters. The van der Waals surface area contributed by atoms with Crippen LogP contribution in [-0.2, 0) is 5.33 Å². The number of likely N-dealkylation sites (N-methyl/N-ethyl adjacent to an activating group) is 1. The van der Waals surface area contributed by atoms with Crippen molar-refractivity contribution < 1.29 is 0 Å². The predicted octanol–water partition coefficient (Wildman–Crippen LogP) is 3.38. The molecule has 0 radical (unpaired) electrons. The first-order valence-corrected chi connectivity index (χ1v) is 7.56. The maximum atomic E-state index is 6.03. The second-order valence-corrected chi connectivity index (χ2v) is 5.33. The van der Waals surface area contributed by atoms with E-state index in [9.17, 15) is 0 Å². The molecule has 0 aromatic heterocycles. The SMILES string of the molecule is CCN1CCN(c2ccc(Cl)cc2CBr)CC1. The van der Waals surface area contributed by atoms with E-state index in [2.05, 4.69) is 44.8 Å². The molecule has 1 aromatic carbocycles. The summed E-state index contributed by atoms with van der Waals surface area (Å²) in [4.78, 5) is 4.94. The molecule has 1 aliphatic rings. The highest BCUT2D eigenvalue weighted by atomic mass is 79.9. The molecule has 0 amide bonds. The monoisotopic (exact) mass is 316 g/mol. The molecule has 2 nitrogen and oxygen atoms in total. The molecule has 1 heterocycles. The zero-order valence-electron chi connectivity index (χ0n) is 10.1. The average molecular weight is 318 g/mol. The Morgan fingerprint density at radius 3 is 2.53 bits per heavy atom. The lowest BCUT2D eigenvalue weighted by Gasteiger charge is -2.36. The maximum absolute atomic E-state index is 6.03. The van der Waals surface area contributed by atoms with Crippen molar-refractivity contribution in [3.05, 3.63) is 28.8 Å². The Kier molecular flexibility index (Phi) is 4.71. The number of hydrogen-bond acceptors (Lipinski definition) is 2. The summed E-state index contributed by atoms with van der Waals surface area (Å²) in [5.74, 6) is 0. The summed E-state index contributed by atoms with van der Waals surface area (Å²) in [6.45, 7) is 7.90. The number of benzene rings is 1. The summed E-state index contributed by atoms with van der Waals surface area (Å²) in [7, 11) is 0. The zero-order chi connectivity index (χ0) is 12.3. The molecule has 1 saturated heterocycles. The lowest BCUT2D eigenvalue weighted by Crippen LogP contribution is -2.46. The van der Waals surface area contributed by atoms with Gasteiger partial charge in [-0.15, -0.1) is 0 Å². The molecule has 0 atom stereocenters. The predicted molar refractivity (Wildman–Crippen MR) is 78.4 cm³/mol. The van der Waals surface area contributed by atoms with E-state index in [1.165, 1.54) is 11.3 Å². The molecule has 4 heteroatoms. The molecule has 94 valence electrons. The third kappa shape index (κ3) is 3.15. The minimum Gasteiger partial charge on any atom is -0.369 e. The van der Waals surface area contributed by atoms with E-state index in [4.69, 9.17) is 11.6 Å². The Labute approximate surface area is 117 Å². The first kappa shape index (κ1) is 13.2. The average Bonchev–Trinajstić information content (AvgIpc) is 2.39.